The van der Waals surface area contributed by atoms with Crippen LogP contribution in [0.25, 0.3) is 0 Å². The SMILES string of the molecule is Cc1cccc(OCCCN2CCC[C@H]([C@@H]3C[C@H](C(F)(F)F)n4ncnc4N3)C2)c1. The molecule has 0 unspecified atom stereocenters. The number of ether oxygens (including phenoxy) is 1. The van der Waals surface area contributed by atoms with E-state index in [2.05, 4.69) is 20.3 Å². The first-order valence-corrected chi connectivity index (χ1v) is 10.5. The van der Waals surface area contributed by atoms with Crippen molar-refractivity contribution in [3.05, 3.63) is 36.2 Å². The van der Waals surface area contributed by atoms with Crippen molar-refractivity contribution in [3.8, 4) is 5.75 Å². The molecule has 4 rings (SSSR count). The molecule has 1 aromatic carbocycles. The van der Waals surface area contributed by atoms with Gasteiger partial charge in [0.2, 0.25) is 5.95 Å². The van der Waals surface area contributed by atoms with Gasteiger partial charge in [0.25, 0.3) is 0 Å². The van der Waals surface area contributed by atoms with Gasteiger partial charge in [-0.25, -0.2) is 4.68 Å². The van der Waals surface area contributed by atoms with E-state index in [-0.39, 0.29) is 24.3 Å². The Morgan fingerprint density at radius 2 is 2.17 bits per heavy atom. The van der Waals surface area contributed by atoms with Gasteiger partial charge in [-0.1, -0.05) is 12.1 Å². The molecule has 164 valence electrons. The van der Waals surface area contributed by atoms with Crippen molar-refractivity contribution in [1.29, 1.82) is 0 Å². The highest BCUT2D eigenvalue weighted by molar-refractivity contribution is 5.30. The molecule has 9 heteroatoms. The van der Waals surface area contributed by atoms with Crippen LogP contribution in [0.5, 0.6) is 5.75 Å². The molecule has 1 fully saturated rings. The van der Waals surface area contributed by atoms with E-state index in [1.807, 2.05) is 31.2 Å². The van der Waals surface area contributed by atoms with E-state index in [4.69, 9.17) is 4.74 Å². The topological polar surface area (TPSA) is 55.2 Å². The van der Waals surface area contributed by atoms with Crippen LogP contribution in [-0.4, -0.2) is 58.1 Å². The van der Waals surface area contributed by atoms with Gasteiger partial charge >= 0.3 is 6.18 Å². The van der Waals surface area contributed by atoms with E-state index in [9.17, 15) is 13.2 Å². The van der Waals surface area contributed by atoms with Crippen LogP contribution in [0.2, 0.25) is 0 Å². The lowest BCUT2D eigenvalue weighted by Gasteiger charge is -2.41. The Kier molecular flexibility index (Phi) is 6.17. The van der Waals surface area contributed by atoms with E-state index >= 15 is 0 Å². The van der Waals surface area contributed by atoms with Gasteiger partial charge in [-0.15, -0.1) is 0 Å². The number of fused-ring (bicyclic) bond motifs is 1. The number of nitrogens with zero attached hydrogens (tertiary/aromatic N) is 4. The smallest absolute Gasteiger partial charge is 0.411 e. The highest BCUT2D eigenvalue weighted by atomic mass is 19.4. The first-order valence-electron chi connectivity index (χ1n) is 10.5. The number of piperidine rings is 1. The number of aromatic nitrogens is 3. The summed E-state index contributed by atoms with van der Waals surface area (Å²) < 4.78 is 47.4. The second kappa shape index (κ2) is 8.83. The minimum absolute atomic E-state index is 0.00512. The lowest BCUT2D eigenvalue weighted by atomic mass is 9.86. The minimum Gasteiger partial charge on any atom is -0.494 e. The van der Waals surface area contributed by atoms with Crippen molar-refractivity contribution in [2.24, 2.45) is 5.92 Å². The van der Waals surface area contributed by atoms with Crippen LogP contribution in [0.4, 0.5) is 19.1 Å². The quantitative estimate of drug-likeness (QED) is 0.711. The summed E-state index contributed by atoms with van der Waals surface area (Å²) >= 11 is 0. The molecule has 1 aromatic heterocycles. The Hall–Kier alpha value is -2.29. The molecule has 2 aliphatic rings. The maximum absolute atomic E-state index is 13.5. The molecule has 2 aromatic rings. The molecule has 0 bridgehead atoms. The van der Waals surface area contributed by atoms with Crippen molar-refractivity contribution >= 4 is 5.95 Å². The fraction of sp³-hybridized carbons (Fsp3) is 0.619. The molecule has 0 saturated carbocycles. The lowest BCUT2D eigenvalue weighted by Crippen LogP contribution is -2.48. The number of nitrogens with one attached hydrogen (secondary N) is 1. The van der Waals surface area contributed by atoms with E-state index in [0.29, 0.717) is 6.61 Å². The summed E-state index contributed by atoms with van der Waals surface area (Å²) in [6.07, 6.45) is -0.347. The molecule has 3 heterocycles. The third-order valence-corrected chi connectivity index (χ3v) is 6.03. The zero-order chi connectivity index (χ0) is 21.1. The third-order valence-electron chi connectivity index (χ3n) is 6.03. The second-order valence-electron chi connectivity index (χ2n) is 8.29. The van der Waals surface area contributed by atoms with Crippen LogP contribution >= 0.6 is 0 Å². The summed E-state index contributed by atoms with van der Waals surface area (Å²) in [7, 11) is 0. The third kappa shape index (κ3) is 4.88. The zero-order valence-corrected chi connectivity index (χ0v) is 17.1. The maximum atomic E-state index is 13.5. The van der Waals surface area contributed by atoms with E-state index in [1.54, 1.807) is 0 Å². The fourth-order valence-electron chi connectivity index (χ4n) is 4.54. The highest BCUT2D eigenvalue weighted by Crippen LogP contribution is 2.40. The molecule has 0 aliphatic carbocycles. The molecule has 6 nitrogen and oxygen atoms in total. The normalized spacial score (nSPS) is 24.9. The molecule has 3 atom stereocenters. The van der Waals surface area contributed by atoms with Crippen LogP contribution < -0.4 is 10.1 Å². The first kappa shape index (κ1) is 21.0. The molecule has 1 N–H and O–H groups in total. The monoisotopic (exact) mass is 423 g/mol. The molecule has 0 spiro atoms. The van der Waals surface area contributed by atoms with Crippen LogP contribution in [0.15, 0.2) is 30.6 Å². The summed E-state index contributed by atoms with van der Waals surface area (Å²) in [5, 5.41) is 6.98. The highest BCUT2D eigenvalue weighted by Gasteiger charge is 2.48. The van der Waals surface area contributed by atoms with E-state index in [1.165, 1.54) is 11.9 Å². The Morgan fingerprint density at radius 3 is 2.97 bits per heavy atom. The van der Waals surface area contributed by atoms with Gasteiger partial charge in [-0.3, -0.25) is 0 Å². The largest absolute Gasteiger partial charge is 0.494 e. The first-order chi connectivity index (χ1) is 14.4. The van der Waals surface area contributed by atoms with Gasteiger partial charge in [-0.05, 0) is 62.8 Å². The van der Waals surface area contributed by atoms with Crippen molar-refractivity contribution < 1.29 is 17.9 Å². The van der Waals surface area contributed by atoms with Gasteiger partial charge in [0, 0.05) is 19.1 Å². The Labute approximate surface area is 174 Å². The van der Waals surface area contributed by atoms with Crippen LogP contribution in [-0.2, 0) is 0 Å². The van der Waals surface area contributed by atoms with Crippen molar-refractivity contribution in [3.63, 3.8) is 0 Å². The van der Waals surface area contributed by atoms with Crippen LogP contribution in [0.3, 0.4) is 0 Å². The number of likely N-dealkylation sites (tertiary alicyclic amines) is 1. The van der Waals surface area contributed by atoms with E-state index < -0.39 is 12.2 Å². The summed E-state index contributed by atoms with van der Waals surface area (Å²) in [5.74, 6) is 1.25. The molecule has 0 radical (unpaired) electrons. The maximum Gasteiger partial charge on any atom is 0.411 e. The molecule has 2 aliphatic heterocycles. The number of alkyl halides is 3. The predicted octanol–water partition coefficient (Wildman–Crippen LogP) is 4.06. The Bertz CT molecular complexity index is 840. The second-order valence-corrected chi connectivity index (χ2v) is 8.29. The molecular weight excluding hydrogens is 395 g/mol. The van der Waals surface area contributed by atoms with Crippen molar-refractivity contribution in [2.75, 3.05) is 31.6 Å². The number of halogens is 3. The number of hydrogen-bond donors (Lipinski definition) is 1. The van der Waals surface area contributed by atoms with Crippen LogP contribution in [0, 0.1) is 12.8 Å². The Balaban J connectivity index is 1.29. The summed E-state index contributed by atoms with van der Waals surface area (Å²) in [6, 6.07) is 6.12. The fourth-order valence-corrected chi connectivity index (χ4v) is 4.54. The van der Waals surface area contributed by atoms with Gasteiger partial charge in [-0.2, -0.15) is 23.3 Å². The molecule has 0 amide bonds. The van der Waals surface area contributed by atoms with Gasteiger partial charge in [0.15, 0.2) is 6.04 Å². The number of rotatable bonds is 6. The van der Waals surface area contributed by atoms with Crippen molar-refractivity contribution in [1.82, 2.24) is 19.7 Å². The lowest BCUT2D eigenvalue weighted by molar-refractivity contribution is -0.174. The summed E-state index contributed by atoms with van der Waals surface area (Å²) in [6.45, 7) is 5.32. The minimum atomic E-state index is -4.33. The van der Waals surface area contributed by atoms with Crippen LogP contribution in [0.1, 0.15) is 37.3 Å². The number of anilines is 1. The molecule has 1 saturated heterocycles. The zero-order valence-electron chi connectivity index (χ0n) is 17.1. The molecular formula is C21H28F3N5O. The number of hydrogen-bond acceptors (Lipinski definition) is 5. The predicted molar refractivity (Wildman–Crippen MR) is 108 cm³/mol. The number of aryl methyl sites for hydroxylation is 1. The van der Waals surface area contributed by atoms with E-state index in [0.717, 1.165) is 49.3 Å². The van der Waals surface area contributed by atoms with Gasteiger partial charge in [0.1, 0.15) is 12.1 Å². The summed E-state index contributed by atoms with van der Waals surface area (Å²) in [4.78, 5) is 6.34. The average Bonchev–Trinajstić information content (AvgIpc) is 3.19. The average molecular weight is 423 g/mol. The van der Waals surface area contributed by atoms with Gasteiger partial charge in [0.05, 0.1) is 6.61 Å². The van der Waals surface area contributed by atoms with Gasteiger partial charge < -0.3 is 15.0 Å². The Morgan fingerprint density at radius 1 is 1.30 bits per heavy atom. The number of benzene rings is 1. The summed E-state index contributed by atoms with van der Waals surface area (Å²) in [5.41, 5.74) is 1.17. The standard InChI is InChI=1S/C21H28F3N5O/c1-15-5-2-7-17(11-15)30-10-4-9-28-8-3-6-16(13-28)18-12-19(21(22,23)24)29-20(27-18)25-14-26-29/h2,5,7,11,14,16,18-19H,3-4,6,8-10,12-13H2,1H3,(H,25,26,27)/t16-,18-,19+/m0/s1. The molecule has 30 heavy (non-hydrogen) atoms. The van der Waals surface area contributed by atoms with Crippen molar-refractivity contribution in [2.45, 2.75) is 50.9 Å².